The number of nitrogens with two attached hydrogens (primary N) is 1. The fourth-order valence-corrected chi connectivity index (χ4v) is 2.21. The maximum absolute atomic E-state index is 11.3. The van der Waals surface area contributed by atoms with Crippen LogP contribution in [0.4, 0.5) is 0 Å². The Kier molecular flexibility index (Phi) is 4.11. The normalized spacial score (nSPS) is 33.5. The predicted molar refractivity (Wildman–Crippen MR) is 59.2 cm³/mol. The predicted octanol–water partition coefficient (Wildman–Crippen LogP) is 0.391. The molecular formula is C11H22N2O2. The fourth-order valence-electron chi connectivity index (χ4n) is 2.21. The van der Waals surface area contributed by atoms with Crippen LogP contribution in [0.3, 0.4) is 0 Å². The molecule has 1 amide bonds. The highest BCUT2D eigenvalue weighted by Gasteiger charge is 2.32. The van der Waals surface area contributed by atoms with Gasteiger partial charge in [0.25, 0.3) is 0 Å². The van der Waals surface area contributed by atoms with Gasteiger partial charge in [0.2, 0.25) is 5.91 Å². The Morgan fingerprint density at radius 1 is 1.73 bits per heavy atom. The molecule has 1 saturated carbocycles. The Bertz CT molecular complexity index is 231. The van der Waals surface area contributed by atoms with E-state index >= 15 is 0 Å². The zero-order valence-corrected chi connectivity index (χ0v) is 9.62. The van der Waals surface area contributed by atoms with Crippen molar-refractivity contribution in [3.63, 3.8) is 0 Å². The van der Waals surface area contributed by atoms with Crippen LogP contribution in [-0.4, -0.2) is 29.2 Å². The molecular weight excluding hydrogens is 192 g/mol. The van der Waals surface area contributed by atoms with Gasteiger partial charge in [0, 0.05) is 6.54 Å². The lowest BCUT2D eigenvalue weighted by Gasteiger charge is -2.35. The summed E-state index contributed by atoms with van der Waals surface area (Å²) in [4.78, 5) is 11.3. The number of carbonyl (C=O) groups is 1. The van der Waals surface area contributed by atoms with E-state index in [1.54, 1.807) is 6.92 Å². The standard InChI is InChI=1S/C11H22N2O2/c1-8-4-3-5-11(15,6-8)7-13-10(14)9(2)12/h8-9,15H,3-7,12H2,1-2H3,(H,13,14)/t8?,9-,11?/m0/s1. The van der Waals surface area contributed by atoms with Crippen molar-refractivity contribution in [2.75, 3.05) is 6.54 Å². The van der Waals surface area contributed by atoms with Gasteiger partial charge < -0.3 is 16.2 Å². The lowest BCUT2D eigenvalue weighted by atomic mass is 9.79. The van der Waals surface area contributed by atoms with Gasteiger partial charge in [0.15, 0.2) is 0 Å². The first-order valence-corrected chi connectivity index (χ1v) is 5.69. The van der Waals surface area contributed by atoms with Gasteiger partial charge in [0.05, 0.1) is 11.6 Å². The van der Waals surface area contributed by atoms with Gasteiger partial charge in [-0.05, 0) is 25.7 Å². The SMILES string of the molecule is CC1CCCC(O)(CNC(=O)[C@H](C)N)C1. The summed E-state index contributed by atoms with van der Waals surface area (Å²) >= 11 is 0. The molecule has 0 aromatic carbocycles. The average molecular weight is 214 g/mol. The minimum atomic E-state index is -0.720. The summed E-state index contributed by atoms with van der Waals surface area (Å²) in [5, 5.41) is 12.9. The van der Waals surface area contributed by atoms with Crippen LogP contribution in [0.5, 0.6) is 0 Å². The largest absolute Gasteiger partial charge is 0.388 e. The molecule has 1 rings (SSSR count). The van der Waals surface area contributed by atoms with Crippen LogP contribution in [0.15, 0.2) is 0 Å². The fraction of sp³-hybridized carbons (Fsp3) is 0.909. The Labute approximate surface area is 91.2 Å². The van der Waals surface area contributed by atoms with Crippen LogP contribution in [0.2, 0.25) is 0 Å². The van der Waals surface area contributed by atoms with E-state index in [-0.39, 0.29) is 5.91 Å². The van der Waals surface area contributed by atoms with Crippen molar-refractivity contribution in [1.29, 1.82) is 0 Å². The molecule has 1 aliphatic rings. The summed E-state index contributed by atoms with van der Waals surface area (Å²) in [5.74, 6) is 0.345. The van der Waals surface area contributed by atoms with Gasteiger partial charge in [-0.1, -0.05) is 19.8 Å². The number of hydrogen-bond donors (Lipinski definition) is 3. The smallest absolute Gasteiger partial charge is 0.236 e. The van der Waals surface area contributed by atoms with E-state index < -0.39 is 11.6 Å². The quantitative estimate of drug-likeness (QED) is 0.636. The van der Waals surface area contributed by atoms with E-state index in [0.29, 0.717) is 12.5 Å². The minimum Gasteiger partial charge on any atom is -0.388 e. The van der Waals surface area contributed by atoms with Crippen LogP contribution < -0.4 is 11.1 Å². The summed E-state index contributed by atoms with van der Waals surface area (Å²) in [7, 11) is 0. The topological polar surface area (TPSA) is 75.3 Å². The first-order chi connectivity index (χ1) is 6.93. The van der Waals surface area contributed by atoms with Crippen LogP contribution in [0.1, 0.15) is 39.5 Å². The molecule has 0 heterocycles. The van der Waals surface area contributed by atoms with E-state index in [4.69, 9.17) is 5.73 Å². The zero-order chi connectivity index (χ0) is 11.5. The Balaban J connectivity index is 2.39. The molecule has 4 N–H and O–H groups in total. The monoisotopic (exact) mass is 214 g/mol. The zero-order valence-electron chi connectivity index (χ0n) is 9.62. The third-order valence-corrected chi connectivity index (χ3v) is 3.07. The number of amides is 1. The van der Waals surface area contributed by atoms with E-state index in [0.717, 1.165) is 19.3 Å². The molecule has 15 heavy (non-hydrogen) atoms. The second-order valence-corrected chi connectivity index (χ2v) is 4.93. The second-order valence-electron chi connectivity index (χ2n) is 4.93. The van der Waals surface area contributed by atoms with Crippen molar-refractivity contribution in [2.45, 2.75) is 51.2 Å². The van der Waals surface area contributed by atoms with Crippen molar-refractivity contribution in [3.05, 3.63) is 0 Å². The summed E-state index contributed by atoms with van der Waals surface area (Å²) in [6, 6.07) is -0.505. The molecule has 0 aliphatic heterocycles. The molecule has 1 fully saturated rings. The van der Waals surface area contributed by atoms with Gasteiger partial charge in [-0.3, -0.25) is 4.79 Å². The van der Waals surface area contributed by atoms with Crippen molar-refractivity contribution >= 4 is 5.91 Å². The molecule has 4 nitrogen and oxygen atoms in total. The molecule has 0 saturated heterocycles. The Hall–Kier alpha value is -0.610. The lowest BCUT2D eigenvalue weighted by molar-refractivity contribution is -0.123. The van der Waals surface area contributed by atoms with Crippen molar-refractivity contribution in [1.82, 2.24) is 5.32 Å². The highest BCUT2D eigenvalue weighted by atomic mass is 16.3. The van der Waals surface area contributed by atoms with E-state index in [2.05, 4.69) is 12.2 Å². The highest BCUT2D eigenvalue weighted by Crippen LogP contribution is 2.31. The number of rotatable bonds is 3. The molecule has 2 unspecified atom stereocenters. The molecule has 0 spiro atoms. The first kappa shape index (κ1) is 12.5. The van der Waals surface area contributed by atoms with E-state index in [1.165, 1.54) is 6.42 Å². The summed E-state index contributed by atoms with van der Waals surface area (Å²) in [5.41, 5.74) is 4.71. The van der Waals surface area contributed by atoms with E-state index in [1.807, 2.05) is 0 Å². The number of aliphatic hydroxyl groups is 1. The average Bonchev–Trinajstić information content (AvgIpc) is 2.13. The summed E-state index contributed by atoms with van der Waals surface area (Å²) < 4.78 is 0. The molecule has 1 aliphatic carbocycles. The van der Waals surface area contributed by atoms with Crippen molar-refractivity contribution in [2.24, 2.45) is 11.7 Å². The highest BCUT2D eigenvalue weighted by molar-refractivity contribution is 5.81. The maximum atomic E-state index is 11.3. The van der Waals surface area contributed by atoms with Gasteiger partial charge >= 0.3 is 0 Å². The molecule has 0 aromatic rings. The minimum absolute atomic E-state index is 0.193. The van der Waals surface area contributed by atoms with Gasteiger partial charge in [-0.25, -0.2) is 0 Å². The third-order valence-electron chi connectivity index (χ3n) is 3.07. The number of hydrogen-bond acceptors (Lipinski definition) is 3. The molecule has 4 heteroatoms. The molecule has 0 bridgehead atoms. The Morgan fingerprint density at radius 3 is 2.93 bits per heavy atom. The number of nitrogens with one attached hydrogen (secondary N) is 1. The molecule has 88 valence electrons. The van der Waals surface area contributed by atoms with Crippen molar-refractivity contribution < 1.29 is 9.90 Å². The summed E-state index contributed by atoms with van der Waals surface area (Å²) in [6.07, 6.45) is 3.75. The molecule has 0 radical (unpaired) electrons. The van der Waals surface area contributed by atoms with Gasteiger partial charge in [-0.2, -0.15) is 0 Å². The van der Waals surface area contributed by atoms with Crippen LogP contribution in [0, 0.1) is 5.92 Å². The second kappa shape index (κ2) is 4.94. The van der Waals surface area contributed by atoms with Gasteiger partial charge in [0.1, 0.15) is 0 Å². The molecule has 0 aromatic heterocycles. The molecule has 3 atom stereocenters. The van der Waals surface area contributed by atoms with Crippen molar-refractivity contribution in [3.8, 4) is 0 Å². The number of carbonyl (C=O) groups excluding carboxylic acids is 1. The maximum Gasteiger partial charge on any atom is 0.236 e. The van der Waals surface area contributed by atoms with Crippen LogP contribution >= 0.6 is 0 Å². The van der Waals surface area contributed by atoms with E-state index in [9.17, 15) is 9.90 Å². The van der Waals surface area contributed by atoms with Gasteiger partial charge in [-0.15, -0.1) is 0 Å². The van der Waals surface area contributed by atoms with Crippen LogP contribution in [-0.2, 0) is 4.79 Å². The third kappa shape index (κ3) is 3.80. The Morgan fingerprint density at radius 2 is 2.40 bits per heavy atom. The van der Waals surface area contributed by atoms with Crippen LogP contribution in [0.25, 0.3) is 0 Å². The first-order valence-electron chi connectivity index (χ1n) is 5.69. The summed E-state index contributed by atoms with van der Waals surface area (Å²) in [6.45, 7) is 4.11. The lowest BCUT2D eigenvalue weighted by Crippen LogP contribution is -2.49.